The Balaban J connectivity index is 2.78. The number of nitrogens with one attached hydrogen (secondary N) is 1. The second-order valence-electron chi connectivity index (χ2n) is 3.05. The maximum Gasteiger partial charge on any atom is 0.253 e. The standard InChI is InChI=1S/C9H10Br2N2O2/c1-5(4-14)13-9(15)6-2-7(10)8(11)12-3-6/h2-3,5,14H,4H2,1H3,(H,13,15)/t5-/m0/s1. The topological polar surface area (TPSA) is 62.2 Å². The van der Waals surface area contributed by atoms with Crippen LogP contribution in [0.2, 0.25) is 0 Å². The molecule has 0 saturated heterocycles. The molecule has 0 spiro atoms. The van der Waals surface area contributed by atoms with Gasteiger partial charge in [0.1, 0.15) is 4.60 Å². The number of amides is 1. The minimum atomic E-state index is -0.264. The van der Waals surface area contributed by atoms with Gasteiger partial charge in [-0.25, -0.2) is 4.98 Å². The van der Waals surface area contributed by atoms with E-state index in [4.69, 9.17) is 5.11 Å². The molecule has 0 saturated carbocycles. The molecule has 4 nitrogen and oxygen atoms in total. The van der Waals surface area contributed by atoms with Crippen molar-refractivity contribution in [1.82, 2.24) is 10.3 Å². The van der Waals surface area contributed by atoms with Crippen molar-refractivity contribution < 1.29 is 9.90 Å². The van der Waals surface area contributed by atoms with Crippen LogP contribution in [0.25, 0.3) is 0 Å². The lowest BCUT2D eigenvalue weighted by molar-refractivity contribution is 0.0922. The zero-order valence-corrected chi connectivity index (χ0v) is 11.2. The SMILES string of the molecule is C[C@@H](CO)NC(=O)c1cnc(Br)c(Br)c1. The molecule has 1 aromatic heterocycles. The van der Waals surface area contributed by atoms with Crippen LogP contribution >= 0.6 is 31.9 Å². The normalized spacial score (nSPS) is 12.3. The second-order valence-corrected chi connectivity index (χ2v) is 4.66. The maximum absolute atomic E-state index is 11.6. The largest absolute Gasteiger partial charge is 0.394 e. The summed E-state index contributed by atoms with van der Waals surface area (Å²) in [5, 5.41) is 11.4. The third-order valence-corrected chi connectivity index (χ3v) is 3.48. The van der Waals surface area contributed by atoms with Crippen molar-refractivity contribution >= 4 is 37.8 Å². The van der Waals surface area contributed by atoms with Crippen LogP contribution in [-0.4, -0.2) is 28.6 Å². The number of rotatable bonds is 3. The van der Waals surface area contributed by atoms with Crippen molar-refractivity contribution in [3.8, 4) is 0 Å². The smallest absolute Gasteiger partial charge is 0.253 e. The van der Waals surface area contributed by atoms with Gasteiger partial charge in [0, 0.05) is 12.2 Å². The summed E-state index contributed by atoms with van der Waals surface area (Å²) in [7, 11) is 0. The Labute approximate surface area is 104 Å². The number of aliphatic hydroxyl groups is 1. The van der Waals surface area contributed by atoms with E-state index < -0.39 is 0 Å². The molecule has 0 bridgehead atoms. The molecular weight excluding hydrogens is 328 g/mol. The highest BCUT2D eigenvalue weighted by atomic mass is 79.9. The van der Waals surface area contributed by atoms with Crippen LogP contribution in [0, 0.1) is 0 Å². The molecule has 0 aromatic carbocycles. The number of pyridine rings is 1. The molecule has 1 atom stereocenters. The third-order valence-electron chi connectivity index (χ3n) is 1.71. The lowest BCUT2D eigenvalue weighted by Crippen LogP contribution is -2.35. The highest BCUT2D eigenvalue weighted by Crippen LogP contribution is 2.20. The molecule has 1 heterocycles. The molecule has 0 aliphatic carbocycles. The summed E-state index contributed by atoms with van der Waals surface area (Å²) >= 11 is 6.47. The minimum absolute atomic E-state index is 0.0864. The average Bonchev–Trinajstić information content (AvgIpc) is 2.21. The molecule has 2 N–H and O–H groups in total. The lowest BCUT2D eigenvalue weighted by Gasteiger charge is -2.10. The quantitative estimate of drug-likeness (QED) is 0.825. The van der Waals surface area contributed by atoms with E-state index >= 15 is 0 Å². The van der Waals surface area contributed by atoms with E-state index in [0.29, 0.717) is 14.6 Å². The minimum Gasteiger partial charge on any atom is -0.394 e. The summed E-state index contributed by atoms with van der Waals surface area (Å²) in [5.74, 6) is -0.253. The van der Waals surface area contributed by atoms with Crippen molar-refractivity contribution in [3.63, 3.8) is 0 Å². The Bertz CT molecular complexity index is 371. The van der Waals surface area contributed by atoms with Gasteiger partial charge in [-0.2, -0.15) is 0 Å². The van der Waals surface area contributed by atoms with Crippen LogP contribution < -0.4 is 5.32 Å². The Morgan fingerprint density at radius 1 is 1.67 bits per heavy atom. The zero-order valence-electron chi connectivity index (χ0n) is 8.00. The summed E-state index contributed by atoms with van der Waals surface area (Å²) in [6.07, 6.45) is 1.47. The molecule has 6 heteroatoms. The van der Waals surface area contributed by atoms with Gasteiger partial charge >= 0.3 is 0 Å². The van der Waals surface area contributed by atoms with Crippen LogP contribution in [0.1, 0.15) is 17.3 Å². The third kappa shape index (κ3) is 3.55. The summed E-state index contributed by atoms with van der Waals surface area (Å²) in [6, 6.07) is 1.40. The molecule has 0 fully saturated rings. The van der Waals surface area contributed by atoms with Crippen molar-refractivity contribution in [2.24, 2.45) is 0 Å². The molecule has 1 aromatic rings. The summed E-state index contributed by atoms with van der Waals surface area (Å²) < 4.78 is 1.36. The second kappa shape index (κ2) is 5.58. The van der Waals surface area contributed by atoms with Gasteiger partial charge in [0.15, 0.2) is 0 Å². The van der Waals surface area contributed by atoms with Crippen molar-refractivity contribution in [1.29, 1.82) is 0 Å². The molecular formula is C9H10Br2N2O2. The Morgan fingerprint density at radius 3 is 2.87 bits per heavy atom. The molecule has 0 radical (unpaired) electrons. The van der Waals surface area contributed by atoms with Crippen LogP contribution in [0.4, 0.5) is 0 Å². The Morgan fingerprint density at radius 2 is 2.33 bits per heavy atom. The first-order valence-electron chi connectivity index (χ1n) is 4.27. The van der Waals surface area contributed by atoms with E-state index in [1.54, 1.807) is 13.0 Å². The monoisotopic (exact) mass is 336 g/mol. The van der Waals surface area contributed by atoms with Gasteiger partial charge in [-0.3, -0.25) is 4.79 Å². The Hall–Kier alpha value is -0.460. The number of hydrogen-bond acceptors (Lipinski definition) is 3. The zero-order chi connectivity index (χ0) is 11.4. The fraction of sp³-hybridized carbons (Fsp3) is 0.333. The number of carbonyl (C=O) groups excluding carboxylic acids is 1. The van der Waals surface area contributed by atoms with Gasteiger partial charge in [0.25, 0.3) is 5.91 Å². The molecule has 1 rings (SSSR count). The van der Waals surface area contributed by atoms with E-state index in [0.717, 1.165) is 0 Å². The molecule has 0 aliphatic heterocycles. The van der Waals surface area contributed by atoms with Crippen LogP contribution in [-0.2, 0) is 0 Å². The number of halogens is 2. The van der Waals surface area contributed by atoms with E-state index in [1.807, 2.05) is 0 Å². The van der Waals surface area contributed by atoms with Gasteiger partial charge in [0.2, 0.25) is 0 Å². The highest BCUT2D eigenvalue weighted by molar-refractivity contribution is 9.13. The van der Waals surface area contributed by atoms with Gasteiger partial charge < -0.3 is 10.4 Å². The number of aromatic nitrogens is 1. The fourth-order valence-electron chi connectivity index (χ4n) is 0.898. The molecule has 0 unspecified atom stereocenters. The Kier molecular flexibility index (Phi) is 4.69. The summed E-state index contributed by atoms with van der Waals surface area (Å²) in [6.45, 7) is 1.64. The molecule has 82 valence electrons. The number of nitrogens with zero attached hydrogens (tertiary/aromatic N) is 1. The van der Waals surface area contributed by atoms with E-state index in [9.17, 15) is 4.79 Å². The van der Waals surface area contributed by atoms with Gasteiger partial charge in [0.05, 0.1) is 16.6 Å². The first-order valence-corrected chi connectivity index (χ1v) is 5.86. The first-order chi connectivity index (χ1) is 7.04. The van der Waals surface area contributed by atoms with Gasteiger partial charge in [-0.05, 0) is 44.8 Å². The predicted molar refractivity (Wildman–Crippen MR) is 63.7 cm³/mol. The van der Waals surface area contributed by atoms with Crippen molar-refractivity contribution in [2.45, 2.75) is 13.0 Å². The number of aliphatic hydroxyl groups excluding tert-OH is 1. The van der Waals surface area contributed by atoms with E-state index in [-0.39, 0.29) is 18.6 Å². The summed E-state index contributed by atoms with van der Waals surface area (Å²) in [5.41, 5.74) is 0.449. The summed E-state index contributed by atoms with van der Waals surface area (Å²) in [4.78, 5) is 15.6. The van der Waals surface area contributed by atoms with E-state index in [2.05, 4.69) is 42.2 Å². The highest BCUT2D eigenvalue weighted by Gasteiger charge is 2.10. The average molecular weight is 338 g/mol. The van der Waals surface area contributed by atoms with Gasteiger partial charge in [-0.15, -0.1) is 0 Å². The van der Waals surface area contributed by atoms with Crippen LogP contribution in [0.3, 0.4) is 0 Å². The van der Waals surface area contributed by atoms with Crippen LogP contribution in [0.15, 0.2) is 21.3 Å². The maximum atomic E-state index is 11.6. The molecule has 0 aliphatic rings. The van der Waals surface area contributed by atoms with Crippen molar-refractivity contribution in [2.75, 3.05) is 6.61 Å². The molecule has 15 heavy (non-hydrogen) atoms. The number of carbonyl (C=O) groups is 1. The fourth-order valence-corrected chi connectivity index (χ4v) is 1.46. The lowest BCUT2D eigenvalue weighted by atomic mass is 10.2. The first kappa shape index (κ1) is 12.6. The predicted octanol–water partition coefficient (Wildman–Crippen LogP) is 1.72. The van der Waals surface area contributed by atoms with Crippen molar-refractivity contribution in [3.05, 3.63) is 26.9 Å². The molecule has 1 amide bonds. The van der Waals surface area contributed by atoms with Crippen LogP contribution in [0.5, 0.6) is 0 Å². The van der Waals surface area contributed by atoms with Gasteiger partial charge in [-0.1, -0.05) is 0 Å². The number of hydrogen-bond donors (Lipinski definition) is 2. The van der Waals surface area contributed by atoms with E-state index in [1.165, 1.54) is 6.20 Å².